The molecule has 0 fully saturated rings. The van der Waals surface area contributed by atoms with Crippen LogP contribution in [0.3, 0.4) is 0 Å². The lowest BCUT2D eigenvalue weighted by Gasteiger charge is -2.24. The van der Waals surface area contributed by atoms with Crippen LogP contribution in [0.25, 0.3) is 0 Å². The number of hydrogen-bond acceptors (Lipinski definition) is 1. The molecule has 1 aromatic carbocycles. The van der Waals surface area contributed by atoms with E-state index in [0.717, 1.165) is 6.42 Å². The summed E-state index contributed by atoms with van der Waals surface area (Å²) in [5, 5.41) is 3.70. The van der Waals surface area contributed by atoms with Gasteiger partial charge in [0.2, 0.25) is 0 Å². The highest BCUT2D eigenvalue weighted by molar-refractivity contribution is 5.20. The van der Waals surface area contributed by atoms with Gasteiger partial charge in [-0.1, -0.05) is 51.7 Å². The molecule has 0 aliphatic carbocycles. The van der Waals surface area contributed by atoms with Crippen molar-refractivity contribution < 1.29 is 4.39 Å². The van der Waals surface area contributed by atoms with Gasteiger partial charge in [-0.2, -0.15) is 0 Å². The van der Waals surface area contributed by atoms with Crippen LogP contribution in [-0.2, 0) is 0 Å². The Bertz CT molecular complexity index is 334. The summed E-state index contributed by atoms with van der Waals surface area (Å²) < 4.78 is 13.0. The highest BCUT2D eigenvalue weighted by Crippen LogP contribution is 2.21. The van der Waals surface area contributed by atoms with Crippen LogP contribution in [0.4, 0.5) is 4.39 Å². The zero-order valence-corrected chi connectivity index (χ0v) is 12.6. The molecule has 0 aromatic heterocycles. The van der Waals surface area contributed by atoms with Crippen molar-refractivity contribution in [2.45, 2.75) is 71.4 Å². The molecule has 2 unspecified atom stereocenters. The summed E-state index contributed by atoms with van der Waals surface area (Å²) in [5.41, 5.74) is 1.21. The minimum absolute atomic E-state index is 0.156. The number of nitrogens with one attached hydrogen (secondary N) is 1. The van der Waals surface area contributed by atoms with Crippen molar-refractivity contribution in [2.75, 3.05) is 0 Å². The molecular formula is C17H28FN. The van der Waals surface area contributed by atoms with E-state index >= 15 is 0 Å². The van der Waals surface area contributed by atoms with Crippen LogP contribution in [0.15, 0.2) is 24.3 Å². The van der Waals surface area contributed by atoms with Crippen LogP contribution in [0.1, 0.15) is 70.9 Å². The van der Waals surface area contributed by atoms with E-state index in [0.29, 0.717) is 12.1 Å². The van der Waals surface area contributed by atoms with E-state index in [1.54, 1.807) is 12.1 Å². The normalized spacial score (nSPS) is 14.3. The summed E-state index contributed by atoms with van der Waals surface area (Å²) in [7, 11) is 0. The van der Waals surface area contributed by atoms with Crippen molar-refractivity contribution in [1.82, 2.24) is 5.32 Å². The van der Waals surface area contributed by atoms with Gasteiger partial charge >= 0.3 is 0 Å². The van der Waals surface area contributed by atoms with Crippen LogP contribution in [-0.4, -0.2) is 6.04 Å². The van der Waals surface area contributed by atoms with Crippen LogP contribution in [0, 0.1) is 5.82 Å². The van der Waals surface area contributed by atoms with Crippen molar-refractivity contribution in [3.05, 3.63) is 35.6 Å². The van der Waals surface area contributed by atoms with Crippen LogP contribution in [0.2, 0.25) is 0 Å². The fourth-order valence-electron chi connectivity index (χ4n) is 2.39. The topological polar surface area (TPSA) is 12.0 Å². The maximum absolute atomic E-state index is 13.0. The van der Waals surface area contributed by atoms with Gasteiger partial charge in [-0.15, -0.1) is 0 Å². The minimum Gasteiger partial charge on any atom is -0.307 e. The Balaban J connectivity index is 2.62. The van der Waals surface area contributed by atoms with E-state index < -0.39 is 0 Å². The predicted octanol–water partition coefficient (Wildman–Crippen LogP) is 5.23. The van der Waals surface area contributed by atoms with E-state index in [4.69, 9.17) is 0 Å². The third-order valence-corrected chi connectivity index (χ3v) is 3.60. The van der Waals surface area contributed by atoms with Gasteiger partial charge in [0.15, 0.2) is 0 Å². The molecule has 1 nitrogen and oxygen atoms in total. The molecule has 0 saturated carbocycles. The standard InChI is InChI=1S/C17H28FN/c1-4-6-8-14(3)19-17(9-7-5-2)15-10-12-16(18)13-11-15/h10-14,17,19H,4-9H2,1-3H3. The maximum Gasteiger partial charge on any atom is 0.123 e. The molecule has 2 atom stereocenters. The number of unbranched alkanes of at least 4 members (excludes halogenated alkanes) is 2. The molecule has 0 aliphatic rings. The zero-order valence-electron chi connectivity index (χ0n) is 12.6. The zero-order chi connectivity index (χ0) is 14.1. The molecule has 0 aliphatic heterocycles. The Morgan fingerprint density at radius 1 is 1.00 bits per heavy atom. The Kier molecular flexibility index (Phi) is 7.73. The largest absolute Gasteiger partial charge is 0.307 e. The van der Waals surface area contributed by atoms with E-state index in [9.17, 15) is 4.39 Å². The van der Waals surface area contributed by atoms with E-state index in [-0.39, 0.29) is 5.82 Å². The first-order valence-electron chi connectivity index (χ1n) is 7.68. The van der Waals surface area contributed by atoms with Crippen LogP contribution >= 0.6 is 0 Å². The molecule has 0 radical (unpaired) electrons. The van der Waals surface area contributed by atoms with E-state index in [1.165, 1.54) is 37.7 Å². The second-order valence-electron chi connectivity index (χ2n) is 5.46. The van der Waals surface area contributed by atoms with Gasteiger partial charge in [-0.3, -0.25) is 0 Å². The first kappa shape index (κ1) is 16.2. The van der Waals surface area contributed by atoms with Crippen molar-refractivity contribution in [1.29, 1.82) is 0 Å². The molecule has 19 heavy (non-hydrogen) atoms. The third kappa shape index (κ3) is 6.20. The van der Waals surface area contributed by atoms with Gasteiger partial charge in [0, 0.05) is 12.1 Å². The Morgan fingerprint density at radius 3 is 2.16 bits per heavy atom. The number of hydrogen-bond donors (Lipinski definition) is 1. The lowest BCUT2D eigenvalue weighted by atomic mass is 9.99. The smallest absolute Gasteiger partial charge is 0.123 e. The second kappa shape index (κ2) is 9.08. The first-order valence-corrected chi connectivity index (χ1v) is 7.68. The highest BCUT2D eigenvalue weighted by atomic mass is 19.1. The Hall–Kier alpha value is -0.890. The molecule has 1 N–H and O–H groups in total. The van der Waals surface area contributed by atoms with Crippen molar-refractivity contribution >= 4 is 0 Å². The fourth-order valence-corrected chi connectivity index (χ4v) is 2.39. The molecule has 0 amide bonds. The van der Waals surface area contributed by atoms with Gasteiger partial charge in [0.05, 0.1) is 0 Å². The summed E-state index contributed by atoms with van der Waals surface area (Å²) in [6.45, 7) is 6.68. The maximum atomic E-state index is 13.0. The lowest BCUT2D eigenvalue weighted by Crippen LogP contribution is -2.30. The minimum atomic E-state index is -0.156. The van der Waals surface area contributed by atoms with Gasteiger partial charge < -0.3 is 5.32 Å². The predicted molar refractivity (Wildman–Crippen MR) is 80.8 cm³/mol. The van der Waals surface area contributed by atoms with Crippen molar-refractivity contribution in [2.24, 2.45) is 0 Å². The molecule has 1 rings (SSSR count). The average molecular weight is 265 g/mol. The monoisotopic (exact) mass is 265 g/mol. The molecule has 0 spiro atoms. The fraction of sp³-hybridized carbons (Fsp3) is 0.647. The van der Waals surface area contributed by atoms with Gasteiger partial charge in [-0.25, -0.2) is 4.39 Å². The molecule has 108 valence electrons. The molecule has 1 aromatic rings. The van der Waals surface area contributed by atoms with Crippen molar-refractivity contribution in [3.8, 4) is 0 Å². The SMILES string of the molecule is CCCCC(C)NC(CCCC)c1ccc(F)cc1. The number of halogens is 1. The average Bonchev–Trinajstić information content (AvgIpc) is 2.42. The molecule has 0 saturated heterocycles. The Labute approximate surface area is 117 Å². The highest BCUT2D eigenvalue weighted by Gasteiger charge is 2.13. The third-order valence-electron chi connectivity index (χ3n) is 3.60. The number of rotatable bonds is 9. The molecule has 0 bridgehead atoms. The summed E-state index contributed by atoms with van der Waals surface area (Å²) >= 11 is 0. The van der Waals surface area contributed by atoms with Gasteiger partial charge in [-0.05, 0) is 37.5 Å². The van der Waals surface area contributed by atoms with E-state index in [1.807, 2.05) is 12.1 Å². The Morgan fingerprint density at radius 2 is 1.58 bits per heavy atom. The summed E-state index contributed by atoms with van der Waals surface area (Å²) in [4.78, 5) is 0. The summed E-state index contributed by atoms with van der Waals surface area (Å²) in [6.07, 6.45) is 7.23. The quantitative estimate of drug-likeness (QED) is 0.645. The van der Waals surface area contributed by atoms with Crippen LogP contribution in [0.5, 0.6) is 0 Å². The molecule has 0 heterocycles. The van der Waals surface area contributed by atoms with Gasteiger partial charge in [0.1, 0.15) is 5.82 Å². The lowest BCUT2D eigenvalue weighted by molar-refractivity contribution is 0.401. The summed E-state index contributed by atoms with van der Waals surface area (Å²) in [6, 6.07) is 7.82. The molecule has 2 heteroatoms. The summed E-state index contributed by atoms with van der Waals surface area (Å²) in [5.74, 6) is -0.156. The van der Waals surface area contributed by atoms with Crippen LogP contribution < -0.4 is 5.32 Å². The molecular weight excluding hydrogens is 237 g/mol. The van der Waals surface area contributed by atoms with Crippen molar-refractivity contribution in [3.63, 3.8) is 0 Å². The van der Waals surface area contributed by atoms with Gasteiger partial charge in [0.25, 0.3) is 0 Å². The first-order chi connectivity index (χ1) is 9.17. The second-order valence-corrected chi connectivity index (χ2v) is 5.46. The number of benzene rings is 1. The van der Waals surface area contributed by atoms with E-state index in [2.05, 4.69) is 26.1 Å².